The van der Waals surface area contributed by atoms with Gasteiger partial charge in [-0.15, -0.1) is 0 Å². The highest BCUT2D eigenvalue weighted by molar-refractivity contribution is 5.82. The Bertz CT molecular complexity index is 277. The van der Waals surface area contributed by atoms with Crippen molar-refractivity contribution in [3.63, 3.8) is 0 Å². The first-order valence-corrected chi connectivity index (χ1v) is 5.46. The number of rotatable bonds is 3. The number of hydrogen-bond acceptors (Lipinski definition) is 5. The number of carbonyl (C=O) groups is 2. The first-order valence-electron chi connectivity index (χ1n) is 5.46. The Morgan fingerprint density at radius 1 is 1.18 bits per heavy atom. The molecule has 0 spiro atoms. The Morgan fingerprint density at radius 3 is 2.18 bits per heavy atom. The average Bonchev–Trinajstić information content (AvgIpc) is 2.37. The Kier molecular flexibility index (Phi) is 5.17. The molecule has 1 saturated heterocycles. The van der Waals surface area contributed by atoms with Crippen molar-refractivity contribution >= 4 is 12.0 Å². The average molecular weight is 245 g/mol. The zero-order chi connectivity index (χ0) is 12.8. The van der Waals surface area contributed by atoms with Gasteiger partial charge in [0.05, 0.1) is 13.7 Å². The fraction of sp³-hybridized carbons (Fsp3) is 0.800. The minimum Gasteiger partial charge on any atom is -0.453 e. The fourth-order valence-corrected chi connectivity index (χ4v) is 1.72. The third kappa shape index (κ3) is 3.57. The fourth-order valence-electron chi connectivity index (χ4n) is 1.72. The lowest BCUT2D eigenvalue weighted by atomic mass is 10.2. The molecule has 0 radical (unpaired) electrons. The molecule has 2 N–H and O–H groups in total. The number of methoxy groups -OCH3 is 2. The molecule has 98 valence electrons. The summed E-state index contributed by atoms with van der Waals surface area (Å²) in [5.41, 5.74) is 5.66. The predicted molar refractivity (Wildman–Crippen MR) is 60.4 cm³/mol. The third-order valence-electron chi connectivity index (χ3n) is 2.69. The van der Waals surface area contributed by atoms with Crippen molar-refractivity contribution in [2.24, 2.45) is 5.73 Å². The number of hydrogen-bond donors (Lipinski definition) is 1. The van der Waals surface area contributed by atoms with Crippen molar-refractivity contribution < 1.29 is 19.1 Å². The molecule has 7 nitrogen and oxygen atoms in total. The van der Waals surface area contributed by atoms with E-state index in [0.29, 0.717) is 26.2 Å². The van der Waals surface area contributed by atoms with Crippen LogP contribution in [0.2, 0.25) is 0 Å². The van der Waals surface area contributed by atoms with Gasteiger partial charge in [-0.1, -0.05) is 0 Å². The third-order valence-corrected chi connectivity index (χ3v) is 2.69. The van der Waals surface area contributed by atoms with Gasteiger partial charge in [0.15, 0.2) is 0 Å². The van der Waals surface area contributed by atoms with Gasteiger partial charge in [-0.2, -0.15) is 0 Å². The molecule has 7 heteroatoms. The van der Waals surface area contributed by atoms with Crippen molar-refractivity contribution in [3.05, 3.63) is 0 Å². The van der Waals surface area contributed by atoms with Crippen LogP contribution in [0.4, 0.5) is 4.79 Å². The van der Waals surface area contributed by atoms with E-state index in [0.717, 1.165) is 0 Å². The molecule has 17 heavy (non-hydrogen) atoms. The van der Waals surface area contributed by atoms with E-state index in [2.05, 4.69) is 4.74 Å². The summed E-state index contributed by atoms with van der Waals surface area (Å²) in [5, 5.41) is 0. The first kappa shape index (κ1) is 13.7. The zero-order valence-electron chi connectivity index (χ0n) is 10.2. The molecular weight excluding hydrogens is 226 g/mol. The van der Waals surface area contributed by atoms with Crippen LogP contribution in [-0.2, 0) is 14.3 Å². The molecule has 0 aromatic rings. The standard InChI is InChI=1S/C10H19N3O4/c1-16-7-8(11)9(14)12-3-5-13(6-4-12)10(15)17-2/h8H,3-7,11H2,1-2H3. The summed E-state index contributed by atoms with van der Waals surface area (Å²) in [4.78, 5) is 26.3. The second-order valence-electron chi connectivity index (χ2n) is 3.84. The van der Waals surface area contributed by atoms with Gasteiger partial charge in [-0.25, -0.2) is 4.79 Å². The Hall–Kier alpha value is -1.34. The van der Waals surface area contributed by atoms with Crippen LogP contribution in [0.1, 0.15) is 0 Å². The molecule has 2 amide bonds. The maximum atomic E-state index is 11.8. The quantitative estimate of drug-likeness (QED) is 0.680. The van der Waals surface area contributed by atoms with E-state index in [1.807, 2.05) is 0 Å². The summed E-state index contributed by atoms with van der Waals surface area (Å²) in [6.07, 6.45) is -0.363. The van der Waals surface area contributed by atoms with Gasteiger partial charge in [-0.05, 0) is 0 Å². The molecule has 1 aliphatic heterocycles. The lowest BCUT2D eigenvalue weighted by Gasteiger charge is -2.34. The van der Waals surface area contributed by atoms with Crippen LogP contribution in [0, 0.1) is 0 Å². The van der Waals surface area contributed by atoms with Crippen molar-refractivity contribution in [1.29, 1.82) is 0 Å². The predicted octanol–water partition coefficient (Wildman–Crippen LogP) is -1.13. The lowest BCUT2D eigenvalue weighted by Crippen LogP contribution is -2.55. The van der Waals surface area contributed by atoms with Crippen molar-refractivity contribution in [2.45, 2.75) is 6.04 Å². The molecule has 0 aromatic heterocycles. The molecule has 1 atom stereocenters. The van der Waals surface area contributed by atoms with Gasteiger partial charge in [0.1, 0.15) is 6.04 Å². The van der Waals surface area contributed by atoms with Gasteiger partial charge in [0, 0.05) is 33.3 Å². The van der Waals surface area contributed by atoms with Crippen LogP contribution in [0.5, 0.6) is 0 Å². The highest BCUT2D eigenvalue weighted by Crippen LogP contribution is 2.05. The van der Waals surface area contributed by atoms with Crippen molar-refractivity contribution in [2.75, 3.05) is 47.0 Å². The van der Waals surface area contributed by atoms with Crippen LogP contribution in [0.15, 0.2) is 0 Å². The van der Waals surface area contributed by atoms with Crippen LogP contribution in [-0.4, -0.2) is 74.8 Å². The minimum absolute atomic E-state index is 0.142. The molecule has 0 saturated carbocycles. The maximum absolute atomic E-state index is 11.8. The number of nitrogens with two attached hydrogens (primary N) is 1. The molecule has 1 heterocycles. The van der Waals surface area contributed by atoms with E-state index in [9.17, 15) is 9.59 Å². The van der Waals surface area contributed by atoms with Crippen LogP contribution in [0.3, 0.4) is 0 Å². The van der Waals surface area contributed by atoms with E-state index in [-0.39, 0.29) is 18.6 Å². The summed E-state index contributed by atoms with van der Waals surface area (Å²) in [5.74, 6) is -0.142. The second kappa shape index (κ2) is 6.41. The Morgan fingerprint density at radius 2 is 1.71 bits per heavy atom. The molecule has 1 unspecified atom stereocenters. The highest BCUT2D eigenvalue weighted by Gasteiger charge is 2.27. The normalized spacial score (nSPS) is 17.8. The van der Waals surface area contributed by atoms with E-state index < -0.39 is 6.04 Å². The molecule has 1 fully saturated rings. The second-order valence-corrected chi connectivity index (χ2v) is 3.84. The summed E-state index contributed by atoms with van der Waals surface area (Å²) < 4.78 is 9.45. The van der Waals surface area contributed by atoms with Crippen LogP contribution in [0.25, 0.3) is 0 Å². The summed E-state index contributed by atoms with van der Waals surface area (Å²) in [7, 11) is 2.84. The smallest absolute Gasteiger partial charge is 0.409 e. The number of ether oxygens (including phenoxy) is 2. The molecule has 1 rings (SSSR count). The van der Waals surface area contributed by atoms with E-state index in [4.69, 9.17) is 10.5 Å². The molecule has 0 bridgehead atoms. The molecule has 0 aliphatic carbocycles. The topological polar surface area (TPSA) is 85.1 Å². The maximum Gasteiger partial charge on any atom is 0.409 e. The molecular formula is C10H19N3O4. The summed E-state index contributed by atoms with van der Waals surface area (Å²) >= 11 is 0. The Balaban J connectivity index is 2.41. The van der Waals surface area contributed by atoms with Gasteiger partial charge in [-0.3, -0.25) is 4.79 Å². The summed E-state index contributed by atoms with van der Waals surface area (Å²) in [6.45, 7) is 2.10. The van der Waals surface area contributed by atoms with Gasteiger partial charge < -0.3 is 25.0 Å². The number of nitrogens with zero attached hydrogens (tertiary/aromatic N) is 2. The largest absolute Gasteiger partial charge is 0.453 e. The van der Waals surface area contributed by atoms with Crippen molar-refractivity contribution in [1.82, 2.24) is 9.80 Å². The van der Waals surface area contributed by atoms with Gasteiger partial charge >= 0.3 is 6.09 Å². The minimum atomic E-state index is -0.635. The van der Waals surface area contributed by atoms with E-state index in [1.165, 1.54) is 14.2 Å². The Labute approximate surface area is 100 Å². The first-order chi connectivity index (χ1) is 8.10. The lowest BCUT2D eigenvalue weighted by molar-refractivity contribution is -0.135. The van der Waals surface area contributed by atoms with Gasteiger partial charge in [0.25, 0.3) is 0 Å². The molecule has 0 aromatic carbocycles. The van der Waals surface area contributed by atoms with E-state index in [1.54, 1.807) is 9.80 Å². The monoisotopic (exact) mass is 245 g/mol. The van der Waals surface area contributed by atoms with Gasteiger partial charge in [0.2, 0.25) is 5.91 Å². The number of piperazine rings is 1. The van der Waals surface area contributed by atoms with E-state index >= 15 is 0 Å². The number of carbonyl (C=O) groups excluding carboxylic acids is 2. The zero-order valence-corrected chi connectivity index (χ0v) is 10.2. The van der Waals surface area contributed by atoms with Crippen LogP contribution < -0.4 is 5.73 Å². The number of amides is 2. The van der Waals surface area contributed by atoms with Crippen molar-refractivity contribution in [3.8, 4) is 0 Å². The summed E-state index contributed by atoms with van der Waals surface area (Å²) in [6, 6.07) is -0.635. The van der Waals surface area contributed by atoms with Crippen LogP contribution >= 0.6 is 0 Å². The SMILES string of the molecule is COCC(N)C(=O)N1CCN(C(=O)OC)CC1. The molecule has 1 aliphatic rings. The highest BCUT2D eigenvalue weighted by atomic mass is 16.5.